The molecule has 1 heterocycles. The van der Waals surface area contributed by atoms with Crippen LogP contribution in [0.25, 0.3) is 0 Å². The molecule has 14 heavy (non-hydrogen) atoms. The molecule has 2 fully saturated rings. The Morgan fingerprint density at radius 2 is 1.79 bits per heavy atom. The molecular formula is C8H13Br2NO2S. The maximum Gasteiger partial charge on any atom is 0.211 e. The van der Waals surface area contributed by atoms with Gasteiger partial charge in [-0.05, 0) is 18.8 Å². The van der Waals surface area contributed by atoms with Gasteiger partial charge in [-0.25, -0.2) is 8.42 Å². The van der Waals surface area contributed by atoms with Gasteiger partial charge in [0.05, 0.1) is 6.26 Å². The first-order valence-corrected chi connectivity index (χ1v) is 8.32. The Bertz CT molecular complexity index is 332. The van der Waals surface area contributed by atoms with Gasteiger partial charge in [0.1, 0.15) is 0 Å². The quantitative estimate of drug-likeness (QED) is 0.676. The van der Waals surface area contributed by atoms with Gasteiger partial charge >= 0.3 is 0 Å². The Kier molecular flexibility index (Phi) is 3.01. The Balaban J connectivity index is 2.07. The zero-order chi connectivity index (χ0) is 10.5. The van der Waals surface area contributed by atoms with E-state index in [4.69, 9.17) is 0 Å². The molecule has 3 nitrogen and oxygen atoms in total. The van der Waals surface area contributed by atoms with Crippen LogP contribution < -0.4 is 0 Å². The lowest BCUT2D eigenvalue weighted by atomic mass is 9.79. The van der Waals surface area contributed by atoms with Crippen LogP contribution in [-0.2, 0) is 10.0 Å². The predicted molar refractivity (Wildman–Crippen MR) is 63.5 cm³/mol. The summed E-state index contributed by atoms with van der Waals surface area (Å²) in [6.45, 7) is 0.714. The summed E-state index contributed by atoms with van der Waals surface area (Å²) >= 11 is 7.19. The van der Waals surface area contributed by atoms with Gasteiger partial charge in [0.15, 0.2) is 0 Å². The minimum absolute atomic E-state index is 0.239. The molecule has 0 amide bonds. The van der Waals surface area contributed by atoms with Crippen LogP contribution in [0, 0.1) is 5.92 Å². The molecule has 82 valence electrons. The van der Waals surface area contributed by atoms with Crippen LogP contribution >= 0.6 is 31.9 Å². The Hall–Kier alpha value is 0.870. The fourth-order valence-corrected chi connectivity index (χ4v) is 4.83. The average Bonchev–Trinajstić information content (AvgIpc) is 2.01. The van der Waals surface area contributed by atoms with Crippen molar-refractivity contribution in [2.75, 3.05) is 12.8 Å². The number of alkyl halides is 2. The molecule has 1 aliphatic heterocycles. The number of fused-ring (bicyclic) bond motifs is 1. The second-order valence-electron chi connectivity index (χ2n) is 4.16. The lowest BCUT2D eigenvalue weighted by Gasteiger charge is -2.51. The van der Waals surface area contributed by atoms with Crippen LogP contribution in [0.5, 0.6) is 0 Å². The van der Waals surface area contributed by atoms with Gasteiger partial charge in [-0.3, -0.25) is 0 Å². The number of rotatable bonds is 1. The minimum atomic E-state index is -2.98. The van der Waals surface area contributed by atoms with E-state index >= 15 is 0 Å². The highest BCUT2D eigenvalue weighted by molar-refractivity contribution is 9.12. The van der Waals surface area contributed by atoms with Gasteiger partial charge in [-0.2, -0.15) is 4.31 Å². The van der Waals surface area contributed by atoms with E-state index in [0.717, 1.165) is 12.8 Å². The minimum Gasteiger partial charge on any atom is -0.212 e. The van der Waals surface area contributed by atoms with Crippen molar-refractivity contribution in [2.24, 2.45) is 5.92 Å². The molecule has 1 aliphatic carbocycles. The molecule has 6 heteroatoms. The van der Waals surface area contributed by atoms with Gasteiger partial charge in [-0.15, -0.1) is 0 Å². The monoisotopic (exact) mass is 345 g/mol. The van der Waals surface area contributed by atoms with Gasteiger partial charge in [0.2, 0.25) is 10.0 Å². The molecule has 0 bridgehead atoms. The fourth-order valence-electron chi connectivity index (χ4n) is 2.32. The summed E-state index contributed by atoms with van der Waals surface area (Å²) in [5, 5.41) is 0. The first-order chi connectivity index (χ1) is 6.39. The van der Waals surface area contributed by atoms with E-state index in [1.165, 1.54) is 6.26 Å². The second kappa shape index (κ2) is 3.71. The lowest BCUT2D eigenvalue weighted by Crippen LogP contribution is -2.62. The predicted octanol–water partition coefficient (Wildman–Crippen LogP) is 1.57. The zero-order valence-electron chi connectivity index (χ0n) is 7.86. The van der Waals surface area contributed by atoms with Crippen molar-refractivity contribution in [3.8, 4) is 0 Å². The van der Waals surface area contributed by atoms with Gasteiger partial charge in [0, 0.05) is 22.2 Å². The molecule has 0 aromatic heterocycles. The first-order valence-electron chi connectivity index (χ1n) is 4.64. The standard InChI is InChI=1S/C8H13Br2NO2S/c1-14(12,13)11-4-5-2-6(9)7(10)3-8(5)11/h5-8H,2-4H2,1H3/t5-,6-,7+,8+/m1/s1. The van der Waals surface area contributed by atoms with Crippen molar-refractivity contribution in [2.45, 2.75) is 28.5 Å². The van der Waals surface area contributed by atoms with Gasteiger partial charge < -0.3 is 0 Å². The Morgan fingerprint density at radius 3 is 2.36 bits per heavy atom. The van der Waals surface area contributed by atoms with Crippen molar-refractivity contribution < 1.29 is 8.42 Å². The zero-order valence-corrected chi connectivity index (χ0v) is 11.8. The van der Waals surface area contributed by atoms with E-state index in [1.807, 2.05) is 0 Å². The summed E-state index contributed by atoms with van der Waals surface area (Å²) in [6.07, 6.45) is 3.30. The van der Waals surface area contributed by atoms with Crippen molar-refractivity contribution in [1.82, 2.24) is 4.31 Å². The van der Waals surface area contributed by atoms with Crippen LogP contribution in [0.4, 0.5) is 0 Å². The molecule has 1 saturated carbocycles. The summed E-state index contributed by atoms with van der Waals surface area (Å²) in [5.41, 5.74) is 0. The highest BCUT2D eigenvalue weighted by Gasteiger charge is 2.48. The molecule has 4 atom stereocenters. The van der Waals surface area contributed by atoms with E-state index in [2.05, 4.69) is 31.9 Å². The lowest BCUT2D eigenvalue weighted by molar-refractivity contribution is 0.0675. The average molecular weight is 347 g/mol. The number of hydrogen-bond donors (Lipinski definition) is 0. The highest BCUT2D eigenvalue weighted by Crippen LogP contribution is 2.43. The van der Waals surface area contributed by atoms with Crippen LogP contribution in [0.15, 0.2) is 0 Å². The highest BCUT2D eigenvalue weighted by atomic mass is 79.9. The molecule has 0 aromatic rings. The summed E-state index contributed by atoms with van der Waals surface area (Å²) < 4.78 is 24.3. The SMILES string of the molecule is CS(=O)(=O)N1C[C@H]2C[C@@H](Br)[C@@H](Br)C[C@@H]21. The normalized spacial score (nSPS) is 44.2. The summed E-state index contributed by atoms with van der Waals surface area (Å²) in [7, 11) is -2.98. The van der Waals surface area contributed by atoms with E-state index < -0.39 is 10.0 Å². The van der Waals surface area contributed by atoms with Crippen molar-refractivity contribution in [1.29, 1.82) is 0 Å². The molecule has 0 spiro atoms. The number of halogens is 2. The van der Waals surface area contributed by atoms with Crippen LogP contribution in [-0.4, -0.2) is 41.2 Å². The second-order valence-corrected chi connectivity index (χ2v) is 8.45. The first kappa shape index (κ1) is 11.4. The third kappa shape index (κ3) is 1.90. The summed E-state index contributed by atoms with van der Waals surface area (Å²) in [6, 6.07) is 0.239. The van der Waals surface area contributed by atoms with Gasteiger partial charge in [-0.1, -0.05) is 31.9 Å². The van der Waals surface area contributed by atoms with E-state index in [1.54, 1.807) is 4.31 Å². The molecule has 0 radical (unpaired) electrons. The molecular weight excluding hydrogens is 334 g/mol. The smallest absolute Gasteiger partial charge is 0.211 e. The third-order valence-corrected chi connectivity index (χ3v) is 7.15. The van der Waals surface area contributed by atoms with Crippen LogP contribution in [0.3, 0.4) is 0 Å². The fraction of sp³-hybridized carbons (Fsp3) is 1.00. The number of sulfonamides is 1. The third-order valence-electron chi connectivity index (χ3n) is 3.14. The number of hydrogen-bond acceptors (Lipinski definition) is 2. The molecule has 0 aromatic carbocycles. The Morgan fingerprint density at radius 1 is 1.21 bits per heavy atom. The van der Waals surface area contributed by atoms with E-state index in [9.17, 15) is 8.42 Å². The van der Waals surface area contributed by atoms with E-state index in [-0.39, 0.29) is 6.04 Å². The molecule has 2 rings (SSSR count). The van der Waals surface area contributed by atoms with Crippen molar-refractivity contribution in [3.05, 3.63) is 0 Å². The molecule has 1 saturated heterocycles. The maximum atomic E-state index is 11.4. The van der Waals surface area contributed by atoms with Crippen molar-refractivity contribution in [3.63, 3.8) is 0 Å². The molecule has 2 aliphatic rings. The van der Waals surface area contributed by atoms with E-state index in [0.29, 0.717) is 22.1 Å². The number of nitrogens with zero attached hydrogens (tertiary/aromatic N) is 1. The van der Waals surface area contributed by atoms with Crippen LogP contribution in [0.2, 0.25) is 0 Å². The van der Waals surface area contributed by atoms with Crippen LogP contribution in [0.1, 0.15) is 12.8 Å². The Labute approximate surface area is 102 Å². The summed E-state index contributed by atoms with van der Waals surface area (Å²) in [4.78, 5) is 0.888. The largest absolute Gasteiger partial charge is 0.212 e. The van der Waals surface area contributed by atoms with Gasteiger partial charge in [0.25, 0.3) is 0 Å². The molecule has 0 unspecified atom stereocenters. The molecule has 0 N–H and O–H groups in total. The van der Waals surface area contributed by atoms with Crippen molar-refractivity contribution >= 4 is 41.9 Å². The topological polar surface area (TPSA) is 37.4 Å². The maximum absolute atomic E-state index is 11.4. The summed E-state index contributed by atoms with van der Waals surface area (Å²) in [5.74, 6) is 0.558.